The minimum atomic E-state index is -0.932. The van der Waals surface area contributed by atoms with Gasteiger partial charge in [-0.15, -0.1) is 11.3 Å². The summed E-state index contributed by atoms with van der Waals surface area (Å²) < 4.78 is 54.7. The smallest absolute Gasteiger partial charge is 0.319 e. The van der Waals surface area contributed by atoms with E-state index in [-0.39, 0.29) is 66.9 Å². The van der Waals surface area contributed by atoms with Crippen molar-refractivity contribution in [2.24, 2.45) is 5.92 Å². The number of ether oxygens (including phenoxy) is 1. The van der Waals surface area contributed by atoms with Gasteiger partial charge in [-0.1, -0.05) is 30.4 Å². The fourth-order valence-electron chi connectivity index (χ4n) is 9.04. The summed E-state index contributed by atoms with van der Waals surface area (Å²) in [5.74, 6) is -1.42. The number of piperazine rings is 1. The Kier molecular flexibility index (Phi) is 6.49. The molecular formula is C36H34F3N7OS. The largest absolute Gasteiger partial charge is 0.461 e. The van der Waals surface area contributed by atoms with Crippen molar-refractivity contribution in [3.63, 3.8) is 0 Å². The zero-order valence-corrected chi connectivity index (χ0v) is 27.2. The van der Waals surface area contributed by atoms with Crippen molar-refractivity contribution >= 4 is 43.1 Å². The van der Waals surface area contributed by atoms with Gasteiger partial charge < -0.3 is 20.7 Å². The van der Waals surface area contributed by atoms with Crippen LogP contribution in [0.2, 0.25) is 0 Å². The zero-order valence-electron chi connectivity index (χ0n) is 26.3. The molecule has 0 radical (unpaired) electrons. The number of nitrogens with one attached hydrogen (secondary N) is 1. The standard InChI is InChI=1S/C36H34F3N7OS/c1-18-10-35(11-19(2)14-46(35)13-18)17-47-34-42-30-23(33(43-34)45-15-21-7-8-36(16-45,44-21)20-3-4-20)9-26(38)28(29(30)39)22-5-6-25(37)31-27(22)24(12-40)32(41)48-31/h5-6,9,20-21,44H,1-4,7-8,10-11,13-17,41H2/t21-,36+/m0/s1. The number of hydrogen-bond acceptors (Lipinski definition) is 9. The van der Waals surface area contributed by atoms with Crippen LogP contribution in [-0.2, 0) is 0 Å². The fourth-order valence-corrected chi connectivity index (χ4v) is 9.99. The number of benzene rings is 2. The number of hydrogen-bond donors (Lipinski definition) is 2. The Balaban J connectivity index is 1.21. The second-order valence-corrected chi connectivity index (χ2v) is 15.5. The number of nitrogens with two attached hydrogens (primary N) is 1. The Bertz CT molecular complexity index is 2120. The Morgan fingerprint density at radius 3 is 2.60 bits per heavy atom. The van der Waals surface area contributed by atoms with Crippen LogP contribution < -0.4 is 20.7 Å². The van der Waals surface area contributed by atoms with Crippen molar-refractivity contribution in [1.29, 1.82) is 5.26 Å². The molecule has 246 valence electrons. The van der Waals surface area contributed by atoms with E-state index in [0.717, 1.165) is 80.2 Å². The molecule has 0 unspecified atom stereocenters. The number of anilines is 2. The van der Waals surface area contributed by atoms with E-state index < -0.39 is 23.0 Å². The van der Waals surface area contributed by atoms with Crippen LogP contribution in [0.25, 0.3) is 32.1 Å². The summed E-state index contributed by atoms with van der Waals surface area (Å²) in [7, 11) is 0. The first-order chi connectivity index (χ1) is 23.1. The Morgan fingerprint density at radius 1 is 1.10 bits per heavy atom. The molecule has 12 heteroatoms. The van der Waals surface area contributed by atoms with Gasteiger partial charge in [-0.05, 0) is 62.1 Å². The maximum absolute atomic E-state index is 17.0. The van der Waals surface area contributed by atoms with Gasteiger partial charge in [-0.25, -0.2) is 13.2 Å². The molecule has 5 aliphatic rings. The topological polar surface area (TPSA) is 103 Å². The lowest BCUT2D eigenvalue weighted by Crippen LogP contribution is -2.61. The molecule has 2 aromatic heterocycles. The molecule has 5 fully saturated rings. The van der Waals surface area contributed by atoms with Crippen molar-refractivity contribution in [1.82, 2.24) is 20.2 Å². The number of rotatable bonds is 6. The summed E-state index contributed by atoms with van der Waals surface area (Å²) in [5.41, 5.74) is 7.42. The van der Waals surface area contributed by atoms with Crippen molar-refractivity contribution < 1.29 is 17.9 Å². The van der Waals surface area contributed by atoms with Crippen LogP contribution in [0, 0.1) is 34.7 Å². The van der Waals surface area contributed by atoms with Crippen LogP contribution in [0.15, 0.2) is 42.5 Å². The molecule has 9 rings (SSSR count). The Hall–Kier alpha value is -4.18. The number of nitrogen functional groups attached to an aromatic ring is 1. The quantitative estimate of drug-likeness (QED) is 0.226. The number of thiophene rings is 1. The first kappa shape index (κ1) is 29.9. The van der Waals surface area contributed by atoms with E-state index in [0.29, 0.717) is 24.8 Å². The molecular weight excluding hydrogens is 636 g/mol. The molecule has 0 spiro atoms. The van der Waals surface area contributed by atoms with Gasteiger partial charge in [0.2, 0.25) is 0 Å². The highest BCUT2D eigenvalue weighted by molar-refractivity contribution is 7.23. The highest BCUT2D eigenvalue weighted by Crippen LogP contribution is 2.50. The van der Waals surface area contributed by atoms with Crippen LogP contribution in [0.4, 0.5) is 24.0 Å². The minimum Gasteiger partial charge on any atom is -0.461 e. The van der Waals surface area contributed by atoms with E-state index in [2.05, 4.69) is 33.3 Å². The van der Waals surface area contributed by atoms with Gasteiger partial charge in [0, 0.05) is 48.5 Å². The molecule has 1 aliphatic carbocycles. The fraction of sp³-hybridized carbons (Fsp3) is 0.417. The van der Waals surface area contributed by atoms with Crippen molar-refractivity contribution in [3.8, 4) is 23.2 Å². The summed E-state index contributed by atoms with van der Waals surface area (Å²) in [6, 6.07) is 5.93. The molecule has 4 aliphatic heterocycles. The summed E-state index contributed by atoms with van der Waals surface area (Å²) in [5, 5.41) is 14.1. The molecule has 2 bridgehead atoms. The SMILES string of the molecule is C=C1CN2CC(=C)CC2(COc2nc(N3C[C@@H]4CC[C@](C5CC5)(C3)N4)c3cc(F)c(-c4ccc(F)c5sc(N)c(C#N)c45)c(F)c3n2)C1. The lowest BCUT2D eigenvalue weighted by molar-refractivity contribution is 0.108. The van der Waals surface area contributed by atoms with E-state index in [1.54, 1.807) is 0 Å². The van der Waals surface area contributed by atoms with Gasteiger partial charge in [0.1, 0.15) is 40.6 Å². The Labute approximate surface area is 279 Å². The first-order valence-corrected chi connectivity index (χ1v) is 17.2. The molecule has 48 heavy (non-hydrogen) atoms. The second kappa shape index (κ2) is 10.4. The van der Waals surface area contributed by atoms with E-state index in [1.807, 2.05) is 6.07 Å². The van der Waals surface area contributed by atoms with Crippen molar-refractivity contribution in [3.05, 3.63) is 65.5 Å². The molecule has 1 saturated carbocycles. The van der Waals surface area contributed by atoms with Crippen molar-refractivity contribution in [2.75, 3.05) is 43.4 Å². The molecule has 8 nitrogen and oxygen atoms in total. The highest BCUT2D eigenvalue weighted by atomic mass is 32.1. The average molecular weight is 670 g/mol. The Morgan fingerprint density at radius 2 is 1.88 bits per heavy atom. The van der Waals surface area contributed by atoms with Gasteiger partial charge in [0.15, 0.2) is 5.82 Å². The third-order valence-electron chi connectivity index (χ3n) is 11.2. The summed E-state index contributed by atoms with van der Waals surface area (Å²) in [4.78, 5) is 13.9. The van der Waals surface area contributed by atoms with Crippen LogP contribution >= 0.6 is 11.3 Å². The van der Waals surface area contributed by atoms with E-state index in [9.17, 15) is 9.65 Å². The number of nitriles is 1. The summed E-state index contributed by atoms with van der Waals surface area (Å²) in [6.07, 6.45) is 5.92. The predicted octanol–water partition coefficient (Wildman–Crippen LogP) is 6.44. The maximum atomic E-state index is 17.0. The monoisotopic (exact) mass is 669 g/mol. The molecule has 2 aromatic carbocycles. The third kappa shape index (κ3) is 4.40. The molecule has 4 saturated heterocycles. The van der Waals surface area contributed by atoms with Crippen LogP contribution in [0.5, 0.6) is 6.01 Å². The van der Waals surface area contributed by atoms with Crippen molar-refractivity contribution in [2.45, 2.75) is 55.6 Å². The predicted molar refractivity (Wildman–Crippen MR) is 180 cm³/mol. The van der Waals surface area contributed by atoms with Crippen LogP contribution in [0.3, 0.4) is 0 Å². The van der Waals surface area contributed by atoms with E-state index in [4.69, 9.17) is 15.5 Å². The zero-order chi connectivity index (χ0) is 33.1. The highest BCUT2D eigenvalue weighted by Gasteiger charge is 2.53. The molecule has 6 heterocycles. The third-order valence-corrected chi connectivity index (χ3v) is 12.2. The van der Waals surface area contributed by atoms with Gasteiger partial charge in [0.25, 0.3) is 0 Å². The number of fused-ring (bicyclic) bond motifs is 5. The van der Waals surface area contributed by atoms with Gasteiger partial charge in [-0.3, -0.25) is 4.90 Å². The van der Waals surface area contributed by atoms with E-state index in [1.165, 1.54) is 12.1 Å². The molecule has 4 aromatic rings. The minimum absolute atomic E-state index is 0.00593. The molecule has 3 N–H and O–H groups in total. The number of halogens is 3. The lowest BCUT2D eigenvalue weighted by atomic mass is 9.90. The van der Waals surface area contributed by atoms with Gasteiger partial charge in [0.05, 0.1) is 21.4 Å². The lowest BCUT2D eigenvalue weighted by Gasteiger charge is -2.42. The maximum Gasteiger partial charge on any atom is 0.319 e. The van der Waals surface area contributed by atoms with E-state index >= 15 is 8.78 Å². The molecule has 2 atom stereocenters. The van der Waals surface area contributed by atoms with Crippen LogP contribution in [0.1, 0.15) is 44.1 Å². The summed E-state index contributed by atoms with van der Waals surface area (Å²) >= 11 is 0.878. The average Bonchev–Trinajstić information content (AvgIpc) is 3.61. The van der Waals surface area contributed by atoms with Gasteiger partial charge in [-0.2, -0.15) is 15.2 Å². The molecule has 0 amide bonds. The number of aromatic nitrogens is 2. The summed E-state index contributed by atoms with van der Waals surface area (Å²) in [6.45, 7) is 11.5. The second-order valence-electron chi connectivity index (χ2n) is 14.4. The van der Waals surface area contributed by atoms with Gasteiger partial charge >= 0.3 is 6.01 Å². The number of nitrogens with zero attached hydrogens (tertiary/aromatic N) is 5. The first-order valence-electron chi connectivity index (χ1n) is 16.4. The normalized spacial score (nSPS) is 25.0. The van der Waals surface area contributed by atoms with Crippen LogP contribution in [-0.4, -0.2) is 64.8 Å².